The molecule has 0 radical (unpaired) electrons. The first-order valence-electron chi connectivity index (χ1n) is 7.21. The lowest BCUT2D eigenvalue weighted by atomic mass is 10.1. The molecule has 0 saturated carbocycles. The second-order valence-electron chi connectivity index (χ2n) is 5.39. The molecule has 2 rings (SSSR count). The number of benzene rings is 2. The van der Waals surface area contributed by atoms with Crippen LogP contribution >= 0.6 is 11.6 Å². The maximum Gasteiger partial charge on any atom is 0.416 e. The second kappa shape index (κ2) is 7.61. The van der Waals surface area contributed by atoms with Gasteiger partial charge in [-0.15, -0.1) is 0 Å². The van der Waals surface area contributed by atoms with Crippen molar-refractivity contribution in [1.29, 1.82) is 0 Å². The predicted octanol–water partition coefficient (Wildman–Crippen LogP) is 5.02. The molecule has 132 valence electrons. The maximum atomic E-state index is 12.6. The summed E-state index contributed by atoms with van der Waals surface area (Å²) in [5.74, 6) is -0.418. The van der Waals surface area contributed by atoms with E-state index < -0.39 is 17.5 Å². The van der Waals surface area contributed by atoms with Crippen molar-refractivity contribution in [2.45, 2.75) is 6.18 Å². The molecule has 0 unspecified atom stereocenters. The summed E-state index contributed by atoms with van der Waals surface area (Å²) in [4.78, 5) is 14.2. The van der Waals surface area contributed by atoms with Crippen LogP contribution in [0.3, 0.4) is 0 Å². The first-order chi connectivity index (χ1) is 11.7. The lowest BCUT2D eigenvalue weighted by Gasteiger charge is -2.14. The third-order valence-corrected chi connectivity index (χ3v) is 3.46. The van der Waals surface area contributed by atoms with Gasteiger partial charge in [0.1, 0.15) is 5.75 Å². The van der Waals surface area contributed by atoms with Crippen molar-refractivity contribution in [1.82, 2.24) is 4.90 Å². The summed E-state index contributed by atoms with van der Waals surface area (Å²) in [5.41, 5.74) is -0.556. The molecule has 7 heteroatoms. The van der Waals surface area contributed by atoms with Crippen LogP contribution in [0.25, 0.3) is 0 Å². The van der Waals surface area contributed by atoms with E-state index in [0.717, 1.165) is 24.3 Å². The van der Waals surface area contributed by atoms with Crippen molar-refractivity contribution in [2.75, 3.05) is 14.1 Å². The molecule has 0 aliphatic carbocycles. The van der Waals surface area contributed by atoms with E-state index >= 15 is 0 Å². The Morgan fingerprint density at radius 3 is 2.20 bits per heavy atom. The van der Waals surface area contributed by atoms with E-state index in [9.17, 15) is 18.0 Å². The summed E-state index contributed by atoms with van der Waals surface area (Å²) in [6, 6.07) is 10.6. The number of alkyl halides is 3. The van der Waals surface area contributed by atoms with Gasteiger partial charge in [-0.2, -0.15) is 13.2 Å². The van der Waals surface area contributed by atoms with Crippen LogP contribution in [0.5, 0.6) is 5.75 Å². The third kappa shape index (κ3) is 5.00. The van der Waals surface area contributed by atoms with E-state index in [2.05, 4.69) is 0 Å². The standard InChI is InChI=1S/C18H15ClF3NO2/c1-23(2)11-16(17(24)14-5-3-4-6-15(14)19)25-13-9-7-12(8-10-13)18(20,21)22/h3-11H,1-2H3/b16-11-. The Morgan fingerprint density at radius 1 is 1.08 bits per heavy atom. The van der Waals surface area contributed by atoms with Crippen LogP contribution in [0.2, 0.25) is 5.02 Å². The monoisotopic (exact) mass is 369 g/mol. The van der Waals surface area contributed by atoms with Crippen molar-refractivity contribution in [3.05, 3.63) is 76.6 Å². The van der Waals surface area contributed by atoms with E-state index in [0.29, 0.717) is 0 Å². The summed E-state index contributed by atoms with van der Waals surface area (Å²) in [6.45, 7) is 0. The number of allylic oxidation sites excluding steroid dienone is 1. The lowest BCUT2D eigenvalue weighted by Crippen LogP contribution is -2.15. The summed E-state index contributed by atoms with van der Waals surface area (Å²) in [7, 11) is 3.38. The van der Waals surface area contributed by atoms with Crippen molar-refractivity contribution in [3.8, 4) is 5.75 Å². The van der Waals surface area contributed by atoms with Crippen LogP contribution in [0.1, 0.15) is 15.9 Å². The van der Waals surface area contributed by atoms with Crippen molar-refractivity contribution < 1.29 is 22.7 Å². The highest BCUT2D eigenvalue weighted by molar-refractivity contribution is 6.34. The molecular weight excluding hydrogens is 355 g/mol. The van der Waals surface area contributed by atoms with E-state index in [-0.39, 0.29) is 22.1 Å². The van der Waals surface area contributed by atoms with E-state index in [4.69, 9.17) is 16.3 Å². The molecule has 2 aromatic carbocycles. The van der Waals surface area contributed by atoms with E-state index in [1.165, 1.54) is 6.20 Å². The number of hydrogen-bond acceptors (Lipinski definition) is 3. The Balaban J connectivity index is 2.30. The SMILES string of the molecule is CN(C)/C=C(\Oc1ccc(C(F)(F)F)cc1)C(=O)c1ccccc1Cl. The molecule has 0 N–H and O–H groups in total. The molecule has 0 saturated heterocycles. The highest BCUT2D eigenvalue weighted by Gasteiger charge is 2.30. The van der Waals surface area contributed by atoms with Gasteiger partial charge in [0.2, 0.25) is 5.78 Å². The number of halogens is 4. The number of Topliss-reactive ketones (excluding diaryl/α,β-unsaturated/α-hetero) is 1. The zero-order chi connectivity index (χ0) is 18.6. The van der Waals surface area contributed by atoms with Gasteiger partial charge in [-0.1, -0.05) is 23.7 Å². The molecule has 25 heavy (non-hydrogen) atoms. The first kappa shape index (κ1) is 18.9. The number of nitrogens with zero attached hydrogens (tertiary/aromatic N) is 1. The predicted molar refractivity (Wildman–Crippen MR) is 89.6 cm³/mol. The highest BCUT2D eigenvalue weighted by atomic mass is 35.5. The third-order valence-electron chi connectivity index (χ3n) is 3.13. The summed E-state index contributed by atoms with van der Waals surface area (Å²) < 4.78 is 43.4. The highest BCUT2D eigenvalue weighted by Crippen LogP contribution is 2.31. The van der Waals surface area contributed by atoms with Crippen LogP contribution in [-0.4, -0.2) is 24.8 Å². The molecule has 3 nitrogen and oxygen atoms in total. The fourth-order valence-corrected chi connectivity index (χ4v) is 2.20. The van der Waals surface area contributed by atoms with E-state index in [1.54, 1.807) is 43.3 Å². The van der Waals surface area contributed by atoms with Gasteiger partial charge in [-0.3, -0.25) is 4.79 Å². The molecule has 0 amide bonds. The molecule has 0 fully saturated rings. The lowest BCUT2D eigenvalue weighted by molar-refractivity contribution is -0.137. The molecule has 0 aliphatic heterocycles. The fourth-order valence-electron chi connectivity index (χ4n) is 1.98. The molecule has 0 spiro atoms. The molecule has 0 aromatic heterocycles. The second-order valence-corrected chi connectivity index (χ2v) is 5.80. The number of ether oxygens (including phenoxy) is 1. The minimum absolute atomic E-state index is 0.0575. The Kier molecular flexibility index (Phi) is 5.74. The van der Waals surface area contributed by atoms with Gasteiger partial charge < -0.3 is 9.64 Å². The summed E-state index contributed by atoms with van der Waals surface area (Å²) in [6.07, 6.45) is -3.00. The largest absolute Gasteiger partial charge is 0.452 e. The van der Waals surface area contributed by atoms with Gasteiger partial charge in [0.05, 0.1) is 10.6 Å². The molecule has 0 heterocycles. The normalized spacial score (nSPS) is 12.0. The van der Waals surface area contributed by atoms with Crippen LogP contribution < -0.4 is 4.74 Å². The Labute approximate surface area is 148 Å². The Morgan fingerprint density at radius 2 is 1.68 bits per heavy atom. The van der Waals surface area contributed by atoms with Crippen molar-refractivity contribution in [3.63, 3.8) is 0 Å². The molecular formula is C18H15ClF3NO2. The van der Waals surface area contributed by atoms with Crippen LogP contribution in [0.15, 0.2) is 60.5 Å². The minimum Gasteiger partial charge on any atom is -0.452 e. The average molecular weight is 370 g/mol. The fraction of sp³-hybridized carbons (Fsp3) is 0.167. The van der Waals surface area contributed by atoms with Gasteiger partial charge >= 0.3 is 6.18 Å². The molecule has 2 aromatic rings. The summed E-state index contributed by atoms with van der Waals surface area (Å²) in [5, 5.41) is 0.258. The number of carbonyl (C=O) groups excluding carboxylic acids is 1. The minimum atomic E-state index is -4.44. The average Bonchev–Trinajstić information content (AvgIpc) is 2.53. The first-order valence-corrected chi connectivity index (χ1v) is 7.59. The molecule has 0 bridgehead atoms. The van der Waals surface area contributed by atoms with Gasteiger partial charge in [-0.05, 0) is 36.4 Å². The van der Waals surface area contributed by atoms with Crippen LogP contribution in [-0.2, 0) is 6.18 Å². The zero-order valence-electron chi connectivity index (χ0n) is 13.5. The molecule has 0 aliphatic rings. The number of carbonyl (C=O) groups is 1. The van der Waals surface area contributed by atoms with Crippen molar-refractivity contribution in [2.24, 2.45) is 0 Å². The van der Waals surface area contributed by atoms with Gasteiger partial charge in [0.15, 0.2) is 5.76 Å². The smallest absolute Gasteiger partial charge is 0.416 e. The number of hydrogen-bond donors (Lipinski definition) is 0. The van der Waals surface area contributed by atoms with Gasteiger partial charge in [0, 0.05) is 25.9 Å². The Hall–Kier alpha value is -2.47. The van der Waals surface area contributed by atoms with Crippen LogP contribution in [0.4, 0.5) is 13.2 Å². The zero-order valence-corrected chi connectivity index (χ0v) is 14.2. The van der Waals surface area contributed by atoms with Crippen molar-refractivity contribution >= 4 is 17.4 Å². The van der Waals surface area contributed by atoms with E-state index in [1.807, 2.05) is 0 Å². The van der Waals surface area contributed by atoms with Gasteiger partial charge in [0.25, 0.3) is 0 Å². The topological polar surface area (TPSA) is 29.5 Å². The maximum absolute atomic E-state index is 12.6. The Bertz CT molecular complexity index is 784. The van der Waals surface area contributed by atoms with Gasteiger partial charge in [-0.25, -0.2) is 0 Å². The number of ketones is 1. The quantitative estimate of drug-likeness (QED) is 0.421. The summed E-state index contributed by atoms with van der Waals surface area (Å²) >= 11 is 6.03. The number of rotatable bonds is 5. The molecule has 0 atom stereocenters. The van der Waals surface area contributed by atoms with Crippen LogP contribution in [0, 0.1) is 0 Å².